The van der Waals surface area contributed by atoms with Crippen molar-refractivity contribution in [3.63, 3.8) is 0 Å². The maximum Gasteiger partial charge on any atom is 0.409 e. The van der Waals surface area contributed by atoms with Crippen molar-refractivity contribution in [2.24, 2.45) is 5.73 Å². The van der Waals surface area contributed by atoms with Crippen LogP contribution in [0.2, 0.25) is 0 Å². The highest BCUT2D eigenvalue weighted by atomic mass is 16.6. The van der Waals surface area contributed by atoms with Crippen LogP contribution in [-0.4, -0.2) is 71.3 Å². The molecule has 2 amide bonds. The van der Waals surface area contributed by atoms with Gasteiger partial charge in [0.15, 0.2) is 0 Å². The lowest BCUT2D eigenvalue weighted by Gasteiger charge is -2.37. The number of nitrogens with two attached hydrogens (primary N) is 1. The van der Waals surface area contributed by atoms with Crippen molar-refractivity contribution in [2.45, 2.75) is 45.3 Å². The Labute approximate surface area is 126 Å². The quantitative estimate of drug-likeness (QED) is 0.705. The molecule has 7 heteroatoms. The molecule has 0 aromatic heterocycles. The molecule has 0 radical (unpaired) electrons. The molecule has 3 N–H and O–H groups in total. The van der Waals surface area contributed by atoms with Crippen molar-refractivity contribution >= 4 is 12.0 Å². The van der Waals surface area contributed by atoms with Crippen molar-refractivity contribution in [2.75, 3.05) is 32.8 Å². The van der Waals surface area contributed by atoms with Crippen molar-refractivity contribution in [1.29, 1.82) is 0 Å². The lowest BCUT2D eigenvalue weighted by Crippen LogP contribution is -2.59. The smallest absolute Gasteiger partial charge is 0.409 e. The van der Waals surface area contributed by atoms with Gasteiger partial charge in [0.25, 0.3) is 0 Å². The second-order valence-electron chi connectivity index (χ2n) is 5.91. The van der Waals surface area contributed by atoms with Gasteiger partial charge >= 0.3 is 6.09 Å². The van der Waals surface area contributed by atoms with E-state index in [4.69, 9.17) is 10.5 Å². The van der Waals surface area contributed by atoms with Crippen molar-refractivity contribution in [3.8, 4) is 0 Å². The second-order valence-corrected chi connectivity index (χ2v) is 5.91. The molecule has 1 atom stereocenters. The summed E-state index contributed by atoms with van der Waals surface area (Å²) in [4.78, 5) is 27.1. The summed E-state index contributed by atoms with van der Waals surface area (Å²) in [6.07, 6.45) is 1.50. The van der Waals surface area contributed by atoms with Crippen LogP contribution >= 0.6 is 0 Å². The zero-order chi connectivity index (χ0) is 16.0. The average Bonchev–Trinajstić information content (AvgIpc) is 2.45. The third-order valence-electron chi connectivity index (χ3n) is 3.60. The summed E-state index contributed by atoms with van der Waals surface area (Å²) >= 11 is 0. The first-order chi connectivity index (χ1) is 9.77. The Morgan fingerprint density at radius 3 is 2.24 bits per heavy atom. The SMILES string of the molecule is CCCCOC(=O)N1CCN(C(=O)C(N)C(C)(C)O)CC1. The summed E-state index contributed by atoms with van der Waals surface area (Å²) in [5, 5.41) is 9.79. The van der Waals surface area contributed by atoms with Gasteiger partial charge in [-0.3, -0.25) is 4.79 Å². The number of aliphatic hydroxyl groups is 1. The normalized spacial score (nSPS) is 17.6. The Hall–Kier alpha value is -1.34. The van der Waals surface area contributed by atoms with E-state index in [2.05, 4.69) is 0 Å². The predicted molar refractivity (Wildman–Crippen MR) is 78.7 cm³/mol. The average molecular weight is 301 g/mol. The molecule has 21 heavy (non-hydrogen) atoms. The Kier molecular flexibility index (Phi) is 6.42. The van der Waals surface area contributed by atoms with E-state index in [1.54, 1.807) is 9.80 Å². The van der Waals surface area contributed by atoms with E-state index in [0.717, 1.165) is 12.8 Å². The number of nitrogens with zero attached hydrogens (tertiary/aromatic N) is 2. The van der Waals surface area contributed by atoms with Crippen molar-refractivity contribution in [1.82, 2.24) is 9.80 Å². The summed E-state index contributed by atoms with van der Waals surface area (Å²) in [6, 6.07) is -0.958. The molecule has 1 saturated heterocycles. The van der Waals surface area contributed by atoms with E-state index in [1.165, 1.54) is 13.8 Å². The number of hydrogen-bond donors (Lipinski definition) is 2. The molecular weight excluding hydrogens is 274 g/mol. The predicted octanol–water partition coefficient (Wildman–Crippen LogP) is 0.166. The number of piperazine rings is 1. The highest BCUT2D eigenvalue weighted by Crippen LogP contribution is 2.12. The molecule has 1 aliphatic rings. The first-order valence-electron chi connectivity index (χ1n) is 7.45. The highest BCUT2D eigenvalue weighted by molar-refractivity contribution is 5.83. The number of amides is 2. The Morgan fingerprint density at radius 1 is 1.24 bits per heavy atom. The van der Waals surface area contributed by atoms with E-state index in [-0.39, 0.29) is 12.0 Å². The highest BCUT2D eigenvalue weighted by Gasteiger charge is 2.34. The van der Waals surface area contributed by atoms with Gasteiger partial charge in [0.1, 0.15) is 6.04 Å². The Morgan fingerprint density at radius 2 is 1.76 bits per heavy atom. The van der Waals surface area contributed by atoms with Crippen molar-refractivity contribution < 1.29 is 19.4 Å². The number of hydrogen-bond acceptors (Lipinski definition) is 5. The maximum atomic E-state index is 12.1. The van der Waals surface area contributed by atoms with Crippen LogP contribution in [0.3, 0.4) is 0 Å². The number of carbonyl (C=O) groups excluding carboxylic acids is 2. The van der Waals surface area contributed by atoms with Crippen LogP contribution in [0.25, 0.3) is 0 Å². The monoisotopic (exact) mass is 301 g/mol. The summed E-state index contributed by atoms with van der Waals surface area (Å²) in [6.45, 7) is 7.15. The largest absolute Gasteiger partial charge is 0.449 e. The minimum Gasteiger partial charge on any atom is -0.449 e. The van der Waals surface area contributed by atoms with Gasteiger partial charge in [-0.05, 0) is 20.3 Å². The number of rotatable bonds is 5. The van der Waals surface area contributed by atoms with Crippen LogP contribution in [0.15, 0.2) is 0 Å². The Balaban J connectivity index is 2.41. The van der Waals surface area contributed by atoms with Gasteiger partial charge in [-0.25, -0.2) is 4.79 Å². The molecule has 1 rings (SSSR count). The molecule has 0 aliphatic carbocycles. The first kappa shape index (κ1) is 17.7. The van der Waals surface area contributed by atoms with Gasteiger partial charge in [0, 0.05) is 26.2 Å². The minimum atomic E-state index is -1.26. The van der Waals surface area contributed by atoms with E-state index < -0.39 is 11.6 Å². The van der Waals surface area contributed by atoms with Crippen molar-refractivity contribution in [3.05, 3.63) is 0 Å². The molecular formula is C14H27N3O4. The standard InChI is InChI=1S/C14H27N3O4/c1-4-5-10-21-13(19)17-8-6-16(7-9-17)12(18)11(15)14(2,3)20/h11,20H,4-10,15H2,1-3H3. The van der Waals surface area contributed by atoms with Crippen LogP contribution in [0.4, 0.5) is 4.79 Å². The van der Waals surface area contributed by atoms with E-state index in [0.29, 0.717) is 32.8 Å². The van der Waals surface area contributed by atoms with Gasteiger partial charge < -0.3 is 25.4 Å². The van der Waals surface area contributed by atoms with Gasteiger partial charge in [-0.15, -0.1) is 0 Å². The van der Waals surface area contributed by atoms with Gasteiger partial charge in [0.2, 0.25) is 5.91 Å². The van der Waals surface area contributed by atoms with Crippen LogP contribution in [-0.2, 0) is 9.53 Å². The van der Waals surface area contributed by atoms with Gasteiger partial charge in [-0.2, -0.15) is 0 Å². The topological polar surface area (TPSA) is 96.1 Å². The first-order valence-corrected chi connectivity index (χ1v) is 7.45. The zero-order valence-electron chi connectivity index (χ0n) is 13.2. The van der Waals surface area contributed by atoms with Crippen LogP contribution < -0.4 is 5.73 Å². The third-order valence-corrected chi connectivity index (χ3v) is 3.60. The summed E-state index contributed by atoms with van der Waals surface area (Å²) < 4.78 is 5.14. The number of unbranched alkanes of at least 4 members (excludes halogenated alkanes) is 1. The second kappa shape index (κ2) is 7.61. The van der Waals surface area contributed by atoms with Crippen LogP contribution in [0.5, 0.6) is 0 Å². The summed E-state index contributed by atoms with van der Waals surface area (Å²) in [5.74, 6) is -0.290. The molecule has 122 valence electrons. The third kappa shape index (κ3) is 5.17. The molecule has 0 aromatic rings. The summed E-state index contributed by atoms with van der Waals surface area (Å²) in [5.41, 5.74) is 4.50. The maximum absolute atomic E-state index is 12.1. The number of carbonyl (C=O) groups is 2. The lowest BCUT2D eigenvalue weighted by atomic mass is 9.98. The molecule has 1 heterocycles. The lowest BCUT2D eigenvalue weighted by molar-refractivity contribution is -0.139. The molecule has 1 aliphatic heterocycles. The van der Waals surface area contributed by atoms with Gasteiger partial charge in [0.05, 0.1) is 12.2 Å². The van der Waals surface area contributed by atoms with E-state index in [9.17, 15) is 14.7 Å². The van der Waals surface area contributed by atoms with Gasteiger partial charge in [-0.1, -0.05) is 13.3 Å². The molecule has 0 aromatic carbocycles. The Bertz CT molecular complexity index is 360. The fourth-order valence-corrected chi connectivity index (χ4v) is 2.00. The zero-order valence-corrected chi connectivity index (χ0v) is 13.2. The summed E-state index contributed by atoms with van der Waals surface area (Å²) in [7, 11) is 0. The molecule has 1 fully saturated rings. The fraction of sp³-hybridized carbons (Fsp3) is 0.857. The fourth-order valence-electron chi connectivity index (χ4n) is 2.00. The molecule has 1 unspecified atom stereocenters. The molecule has 7 nitrogen and oxygen atoms in total. The van der Waals surface area contributed by atoms with E-state index in [1.807, 2.05) is 6.92 Å². The molecule has 0 spiro atoms. The van der Waals surface area contributed by atoms with Crippen LogP contribution in [0, 0.1) is 0 Å². The van der Waals surface area contributed by atoms with Crippen LogP contribution in [0.1, 0.15) is 33.6 Å². The number of ether oxygens (including phenoxy) is 1. The minimum absolute atomic E-state index is 0.290. The molecule has 0 saturated carbocycles. The van der Waals surface area contributed by atoms with E-state index >= 15 is 0 Å². The molecule has 0 bridgehead atoms.